The molecule has 1 aromatic carbocycles. The van der Waals surface area contributed by atoms with E-state index >= 15 is 0 Å². The quantitative estimate of drug-likeness (QED) is 0.762. The zero-order valence-electron chi connectivity index (χ0n) is 17.4. The molecule has 2 fully saturated rings. The van der Waals surface area contributed by atoms with Crippen LogP contribution in [0.3, 0.4) is 0 Å². The van der Waals surface area contributed by atoms with Crippen molar-refractivity contribution in [2.24, 2.45) is 0 Å². The number of carbonyl (C=O) groups excluding carboxylic acids is 1. The van der Waals surface area contributed by atoms with Crippen molar-refractivity contribution in [3.63, 3.8) is 0 Å². The molecule has 156 valence electrons. The zero-order chi connectivity index (χ0) is 19.9. The molecule has 1 aromatic rings. The second-order valence-corrected chi connectivity index (χ2v) is 7.95. The number of hydrogen-bond donors (Lipinski definition) is 1. The van der Waals surface area contributed by atoms with Gasteiger partial charge in [0.15, 0.2) is 0 Å². The molecule has 0 saturated carbocycles. The molecule has 7 heteroatoms. The predicted octanol–water partition coefficient (Wildman–Crippen LogP) is 1.50. The third-order valence-electron chi connectivity index (χ3n) is 5.25. The number of benzene rings is 1. The fourth-order valence-corrected chi connectivity index (χ4v) is 3.81. The van der Waals surface area contributed by atoms with E-state index in [1.807, 2.05) is 19.2 Å². The summed E-state index contributed by atoms with van der Waals surface area (Å²) in [5, 5.41) is 3.00. The Hall–Kier alpha value is -1.67. The van der Waals surface area contributed by atoms with E-state index in [-0.39, 0.29) is 18.1 Å². The van der Waals surface area contributed by atoms with E-state index in [2.05, 4.69) is 46.0 Å². The van der Waals surface area contributed by atoms with Gasteiger partial charge in [0.2, 0.25) is 5.91 Å². The maximum Gasteiger partial charge on any atom is 0.238 e. The van der Waals surface area contributed by atoms with Crippen molar-refractivity contribution in [1.82, 2.24) is 9.80 Å². The molecule has 2 aliphatic heterocycles. The van der Waals surface area contributed by atoms with Gasteiger partial charge in [-0.15, -0.1) is 0 Å². The predicted molar refractivity (Wildman–Crippen MR) is 112 cm³/mol. The lowest BCUT2D eigenvalue weighted by Gasteiger charge is -2.36. The van der Waals surface area contributed by atoms with Crippen molar-refractivity contribution in [3.8, 4) is 0 Å². The smallest absolute Gasteiger partial charge is 0.238 e. The molecular weight excluding hydrogens is 356 g/mol. The van der Waals surface area contributed by atoms with Crippen LogP contribution < -0.4 is 10.2 Å². The Morgan fingerprint density at radius 3 is 2.43 bits per heavy atom. The van der Waals surface area contributed by atoms with Crippen LogP contribution in [-0.2, 0) is 14.3 Å². The first-order valence-corrected chi connectivity index (χ1v) is 10.3. The summed E-state index contributed by atoms with van der Waals surface area (Å²) in [5.41, 5.74) is 2.01. The summed E-state index contributed by atoms with van der Waals surface area (Å²) in [6, 6.07) is 8.10. The molecule has 1 amide bonds. The van der Waals surface area contributed by atoms with Gasteiger partial charge in [0.05, 0.1) is 32.0 Å². The van der Waals surface area contributed by atoms with E-state index in [9.17, 15) is 4.79 Å². The molecule has 2 aliphatic rings. The first-order chi connectivity index (χ1) is 13.5. The molecule has 0 spiro atoms. The fraction of sp³-hybridized carbons (Fsp3) is 0.667. The van der Waals surface area contributed by atoms with Crippen LogP contribution in [0.5, 0.6) is 0 Å². The number of nitrogens with one attached hydrogen (secondary N) is 1. The van der Waals surface area contributed by atoms with Crippen LogP contribution in [-0.4, -0.2) is 94.0 Å². The highest BCUT2D eigenvalue weighted by Crippen LogP contribution is 2.22. The lowest BCUT2D eigenvalue weighted by Crippen LogP contribution is -2.45. The summed E-state index contributed by atoms with van der Waals surface area (Å²) in [6.07, 6.45) is 0.465. The largest absolute Gasteiger partial charge is 0.379 e. The van der Waals surface area contributed by atoms with E-state index in [1.165, 1.54) is 5.69 Å². The SMILES string of the molecule is CC1CN(c2ccc(NC(=O)CN(C)CCN3CCOCC3)cc2)CC(C)O1. The summed E-state index contributed by atoms with van der Waals surface area (Å²) in [4.78, 5) is 19.1. The van der Waals surface area contributed by atoms with Gasteiger partial charge in [-0.3, -0.25) is 14.6 Å². The monoisotopic (exact) mass is 390 g/mol. The second-order valence-electron chi connectivity index (χ2n) is 7.95. The molecule has 2 heterocycles. The molecule has 3 rings (SSSR count). The topological polar surface area (TPSA) is 57.3 Å². The summed E-state index contributed by atoms with van der Waals surface area (Å²) < 4.78 is 11.2. The van der Waals surface area contributed by atoms with Crippen LogP contribution in [0.15, 0.2) is 24.3 Å². The number of amides is 1. The zero-order valence-corrected chi connectivity index (χ0v) is 17.4. The number of hydrogen-bond acceptors (Lipinski definition) is 6. The number of carbonyl (C=O) groups is 1. The summed E-state index contributed by atoms with van der Waals surface area (Å²) in [5.74, 6) is 0.0193. The highest BCUT2D eigenvalue weighted by molar-refractivity contribution is 5.92. The maximum absolute atomic E-state index is 12.3. The minimum atomic E-state index is 0.0193. The van der Waals surface area contributed by atoms with Gasteiger partial charge < -0.3 is 19.7 Å². The lowest BCUT2D eigenvalue weighted by molar-refractivity contribution is -0.117. The molecule has 0 aromatic heterocycles. The Labute approximate surface area is 168 Å². The van der Waals surface area contributed by atoms with Gasteiger partial charge in [-0.2, -0.15) is 0 Å². The van der Waals surface area contributed by atoms with Gasteiger partial charge in [-0.1, -0.05) is 0 Å². The molecule has 7 nitrogen and oxygen atoms in total. The van der Waals surface area contributed by atoms with Gasteiger partial charge in [-0.25, -0.2) is 0 Å². The van der Waals surface area contributed by atoms with Crippen molar-refractivity contribution in [2.75, 3.05) is 76.3 Å². The summed E-state index contributed by atoms with van der Waals surface area (Å²) in [7, 11) is 1.99. The van der Waals surface area contributed by atoms with E-state index < -0.39 is 0 Å². The van der Waals surface area contributed by atoms with Crippen molar-refractivity contribution >= 4 is 17.3 Å². The van der Waals surface area contributed by atoms with Gasteiger partial charge in [0, 0.05) is 50.6 Å². The Bertz CT molecular complexity index is 609. The number of rotatable bonds is 7. The molecule has 0 radical (unpaired) electrons. The third kappa shape index (κ3) is 6.44. The number of anilines is 2. The van der Waals surface area contributed by atoms with E-state index in [0.717, 1.165) is 58.2 Å². The number of ether oxygens (including phenoxy) is 2. The molecule has 28 heavy (non-hydrogen) atoms. The number of morpholine rings is 2. The lowest BCUT2D eigenvalue weighted by atomic mass is 10.2. The van der Waals surface area contributed by atoms with Crippen LogP contribution in [0.2, 0.25) is 0 Å². The number of likely N-dealkylation sites (N-methyl/N-ethyl adjacent to an activating group) is 1. The molecule has 2 unspecified atom stereocenters. The Morgan fingerprint density at radius 2 is 1.79 bits per heavy atom. The van der Waals surface area contributed by atoms with Crippen molar-refractivity contribution < 1.29 is 14.3 Å². The highest BCUT2D eigenvalue weighted by atomic mass is 16.5. The standard InChI is InChI=1S/C21H34N4O3/c1-17-14-25(15-18(2)28-17)20-6-4-19(5-7-20)22-21(26)16-23(3)8-9-24-10-12-27-13-11-24/h4-7,17-18H,8-16H2,1-3H3,(H,22,26). The van der Waals surface area contributed by atoms with Crippen molar-refractivity contribution in [3.05, 3.63) is 24.3 Å². The van der Waals surface area contributed by atoms with Crippen LogP contribution in [0.1, 0.15) is 13.8 Å². The van der Waals surface area contributed by atoms with E-state index in [4.69, 9.17) is 9.47 Å². The van der Waals surface area contributed by atoms with Crippen LogP contribution in [0.25, 0.3) is 0 Å². The minimum absolute atomic E-state index is 0.0193. The van der Waals surface area contributed by atoms with Crippen LogP contribution in [0.4, 0.5) is 11.4 Å². The molecule has 0 bridgehead atoms. The van der Waals surface area contributed by atoms with Gasteiger partial charge in [-0.05, 0) is 45.2 Å². The average molecular weight is 391 g/mol. The first-order valence-electron chi connectivity index (χ1n) is 10.3. The third-order valence-corrected chi connectivity index (χ3v) is 5.25. The second kappa shape index (κ2) is 10.2. The van der Waals surface area contributed by atoms with Crippen LogP contribution >= 0.6 is 0 Å². The van der Waals surface area contributed by atoms with Gasteiger partial charge >= 0.3 is 0 Å². The Balaban J connectivity index is 1.42. The first kappa shape index (κ1) is 21.0. The van der Waals surface area contributed by atoms with E-state index in [0.29, 0.717) is 6.54 Å². The molecule has 1 N–H and O–H groups in total. The summed E-state index contributed by atoms with van der Waals surface area (Å²) >= 11 is 0. The van der Waals surface area contributed by atoms with Gasteiger partial charge in [0.1, 0.15) is 0 Å². The molecule has 2 atom stereocenters. The normalized spacial score (nSPS) is 23.8. The Kier molecular flexibility index (Phi) is 7.67. The molecule has 2 saturated heterocycles. The fourth-order valence-electron chi connectivity index (χ4n) is 3.81. The number of nitrogens with zero attached hydrogens (tertiary/aromatic N) is 3. The minimum Gasteiger partial charge on any atom is -0.379 e. The average Bonchev–Trinajstić information content (AvgIpc) is 2.67. The summed E-state index contributed by atoms with van der Waals surface area (Å²) in [6.45, 7) is 11.8. The maximum atomic E-state index is 12.3. The van der Waals surface area contributed by atoms with E-state index in [1.54, 1.807) is 0 Å². The van der Waals surface area contributed by atoms with Crippen molar-refractivity contribution in [1.29, 1.82) is 0 Å². The van der Waals surface area contributed by atoms with Gasteiger partial charge in [0.25, 0.3) is 0 Å². The molecule has 0 aliphatic carbocycles. The van der Waals surface area contributed by atoms with Crippen molar-refractivity contribution in [2.45, 2.75) is 26.1 Å². The Morgan fingerprint density at radius 1 is 1.14 bits per heavy atom. The highest BCUT2D eigenvalue weighted by Gasteiger charge is 2.22. The molecular formula is C21H34N4O3. The van der Waals surface area contributed by atoms with Crippen LogP contribution in [0, 0.1) is 0 Å².